The van der Waals surface area contributed by atoms with Crippen molar-refractivity contribution in [2.24, 2.45) is 0 Å². The van der Waals surface area contributed by atoms with E-state index in [0.29, 0.717) is 11.6 Å². The first-order chi connectivity index (χ1) is 7.15. The molecular weight excluding hydrogens is 192 g/mol. The molecule has 1 unspecified atom stereocenters. The molecule has 5 heteroatoms. The highest BCUT2D eigenvalue weighted by Gasteiger charge is 2.18. The van der Waals surface area contributed by atoms with Gasteiger partial charge in [0.15, 0.2) is 0 Å². The average molecular weight is 208 g/mol. The number of anilines is 2. The first kappa shape index (κ1) is 10.2. The van der Waals surface area contributed by atoms with Crippen LogP contribution in [0.3, 0.4) is 0 Å². The Morgan fingerprint density at radius 3 is 3.00 bits per heavy atom. The van der Waals surface area contributed by atoms with E-state index < -0.39 is 0 Å². The van der Waals surface area contributed by atoms with Crippen molar-refractivity contribution in [2.45, 2.75) is 20.0 Å². The summed E-state index contributed by atoms with van der Waals surface area (Å²) in [6.07, 6.45) is 0.246. The van der Waals surface area contributed by atoms with Crippen LogP contribution in [0.15, 0.2) is 6.07 Å². The molecule has 2 N–H and O–H groups in total. The van der Waals surface area contributed by atoms with Crippen molar-refractivity contribution in [3.8, 4) is 0 Å². The third-order valence-electron chi connectivity index (χ3n) is 2.41. The third kappa shape index (κ3) is 2.36. The molecule has 1 aliphatic rings. The van der Waals surface area contributed by atoms with Gasteiger partial charge in [0, 0.05) is 19.2 Å². The van der Waals surface area contributed by atoms with E-state index in [9.17, 15) is 0 Å². The molecule has 0 aliphatic carbocycles. The van der Waals surface area contributed by atoms with Crippen LogP contribution in [0.4, 0.5) is 11.6 Å². The first-order valence-electron chi connectivity index (χ1n) is 5.13. The fourth-order valence-electron chi connectivity index (χ4n) is 1.76. The second-order valence-electron chi connectivity index (χ2n) is 3.83. The minimum absolute atomic E-state index is 0.246. The Bertz CT molecular complexity index is 335. The molecule has 1 saturated heterocycles. The molecule has 1 aromatic heterocycles. The predicted octanol–water partition coefficient (Wildman–Crippen LogP) is 0.592. The Hall–Kier alpha value is -1.36. The molecule has 82 valence electrons. The lowest BCUT2D eigenvalue weighted by Gasteiger charge is -2.32. The van der Waals surface area contributed by atoms with Crippen molar-refractivity contribution in [1.82, 2.24) is 9.97 Å². The fraction of sp³-hybridized carbons (Fsp3) is 0.600. The molecule has 1 atom stereocenters. The molecule has 0 spiro atoms. The summed E-state index contributed by atoms with van der Waals surface area (Å²) in [6, 6.07) is 1.81. The Morgan fingerprint density at radius 1 is 1.53 bits per heavy atom. The summed E-state index contributed by atoms with van der Waals surface area (Å²) in [5.41, 5.74) is 5.69. The maximum absolute atomic E-state index is 5.69. The summed E-state index contributed by atoms with van der Waals surface area (Å²) < 4.78 is 5.47. The highest BCUT2D eigenvalue weighted by atomic mass is 16.5. The average Bonchev–Trinajstić information content (AvgIpc) is 2.16. The Kier molecular flexibility index (Phi) is 2.73. The van der Waals surface area contributed by atoms with Crippen LogP contribution in [-0.4, -0.2) is 35.8 Å². The van der Waals surface area contributed by atoms with E-state index in [4.69, 9.17) is 10.5 Å². The van der Waals surface area contributed by atoms with Crippen molar-refractivity contribution in [3.05, 3.63) is 11.9 Å². The van der Waals surface area contributed by atoms with E-state index in [1.807, 2.05) is 13.0 Å². The molecule has 15 heavy (non-hydrogen) atoms. The Balaban J connectivity index is 2.20. The van der Waals surface area contributed by atoms with Gasteiger partial charge in [0.05, 0.1) is 12.7 Å². The smallest absolute Gasteiger partial charge is 0.134 e. The van der Waals surface area contributed by atoms with Gasteiger partial charge in [-0.3, -0.25) is 0 Å². The van der Waals surface area contributed by atoms with Gasteiger partial charge in [-0.2, -0.15) is 0 Å². The van der Waals surface area contributed by atoms with Gasteiger partial charge < -0.3 is 15.4 Å². The van der Waals surface area contributed by atoms with E-state index in [1.165, 1.54) is 0 Å². The monoisotopic (exact) mass is 208 g/mol. The summed E-state index contributed by atoms with van der Waals surface area (Å²) in [7, 11) is 0. The zero-order valence-electron chi connectivity index (χ0n) is 9.10. The fourth-order valence-corrected chi connectivity index (χ4v) is 1.76. The van der Waals surface area contributed by atoms with E-state index in [-0.39, 0.29) is 6.10 Å². The van der Waals surface area contributed by atoms with Crippen LogP contribution < -0.4 is 10.6 Å². The molecular formula is C10H16N4O. The largest absolute Gasteiger partial charge is 0.384 e. The lowest BCUT2D eigenvalue weighted by atomic mass is 10.3. The van der Waals surface area contributed by atoms with Crippen molar-refractivity contribution < 1.29 is 4.74 Å². The van der Waals surface area contributed by atoms with Gasteiger partial charge in [0.1, 0.15) is 17.5 Å². The topological polar surface area (TPSA) is 64.3 Å². The maximum Gasteiger partial charge on any atom is 0.134 e. The van der Waals surface area contributed by atoms with Crippen molar-refractivity contribution in [1.29, 1.82) is 0 Å². The van der Waals surface area contributed by atoms with Crippen molar-refractivity contribution >= 4 is 11.6 Å². The van der Waals surface area contributed by atoms with Gasteiger partial charge in [-0.15, -0.1) is 0 Å². The molecule has 0 aromatic carbocycles. The van der Waals surface area contributed by atoms with Crippen LogP contribution in [-0.2, 0) is 4.74 Å². The maximum atomic E-state index is 5.69. The number of nitrogen functional groups attached to an aromatic ring is 1. The molecule has 0 bridgehead atoms. The molecule has 1 aliphatic heterocycles. The summed E-state index contributed by atoms with van der Waals surface area (Å²) in [5, 5.41) is 0. The Labute approximate surface area is 89.3 Å². The SMILES string of the molecule is Cc1nc(N)cc(N2CCOC(C)C2)n1. The summed E-state index contributed by atoms with van der Waals surface area (Å²) in [4.78, 5) is 10.6. The third-order valence-corrected chi connectivity index (χ3v) is 2.41. The lowest BCUT2D eigenvalue weighted by Crippen LogP contribution is -2.41. The van der Waals surface area contributed by atoms with Crippen molar-refractivity contribution in [2.75, 3.05) is 30.3 Å². The number of hydrogen-bond acceptors (Lipinski definition) is 5. The highest BCUT2D eigenvalue weighted by Crippen LogP contribution is 2.16. The van der Waals surface area contributed by atoms with Gasteiger partial charge >= 0.3 is 0 Å². The van der Waals surface area contributed by atoms with Gasteiger partial charge in [0.25, 0.3) is 0 Å². The van der Waals surface area contributed by atoms with Crippen LogP contribution in [0.1, 0.15) is 12.7 Å². The standard InChI is InChI=1S/C10H16N4O/c1-7-6-14(3-4-15-7)10-5-9(11)12-8(2)13-10/h5,7H,3-4,6H2,1-2H3,(H2,11,12,13). The number of rotatable bonds is 1. The quantitative estimate of drug-likeness (QED) is 0.732. The van der Waals surface area contributed by atoms with Gasteiger partial charge in [0.2, 0.25) is 0 Å². The van der Waals surface area contributed by atoms with Gasteiger partial charge in [-0.05, 0) is 13.8 Å². The number of nitrogens with two attached hydrogens (primary N) is 1. The van der Waals surface area contributed by atoms with E-state index >= 15 is 0 Å². The minimum atomic E-state index is 0.246. The number of hydrogen-bond donors (Lipinski definition) is 1. The van der Waals surface area contributed by atoms with E-state index in [0.717, 1.165) is 25.5 Å². The minimum Gasteiger partial charge on any atom is -0.384 e. The van der Waals surface area contributed by atoms with E-state index in [2.05, 4.69) is 21.8 Å². The Morgan fingerprint density at radius 2 is 2.33 bits per heavy atom. The molecule has 2 heterocycles. The van der Waals surface area contributed by atoms with E-state index in [1.54, 1.807) is 0 Å². The molecule has 5 nitrogen and oxygen atoms in total. The normalized spacial score (nSPS) is 21.7. The second kappa shape index (κ2) is 4.02. The van der Waals surface area contributed by atoms with Crippen LogP contribution in [0, 0.1) is 6.92 Å². The van der Waals surface area contributed by atoms with Crippen LogP contribution in [0.5, 0.6) is 0 Å². The molecule has 2 rings (SSSR count). The number of morpholine rings is 1. The summed E-state index contributed by atoms with van der Waals surface area (Å²) in [5.74, 6) is 2.14. The van der Waals surface area contributed by atoms with Crippen LogP contribution in [0.2, 0.25) is 0 Å². The molecule has 0 amide bonds. The molecule has 0 radical (unpaired) electrons. The number of ether oxygens (including phenoxy) is 1. The first-order valence-corrected chi connectivity index (χ1v) is 5.13. The highest BCUT2D eigenvalue weighted by molar-refractivity contribution is 5.47. The summed E-state index contributed by atoms with van der Waals surface area (Å²) in [6.45, 7) is 6.37. The molecule has 0 saturated carbocycles. The lowest BCUT2D eigenvalue weighted by molar-refractivity contribution is 0.0529. The molecule has 1 fully saturated rings. The zero-order chi connectivity index (χ0) is 10.8. The van der Waals surface area contributed by atoms with Gasteiger partial charge in [-0.1, -0.05) is 0 Å². The zero-order valence-corrected chi connectivity index (χ0v) is 9.10. The number of aromatic nitrogens is 2. The van der Waals surface area contributed by atoms with Crippen LogP contribution >= 0.6 is 0 Å². The predicted molar refractivity (Wildman–Crippen MR) is 58.8 cm³/mol. The number of aryl methyl sites for hydroxylation is 1. The second-order valence-corrected chi connectivity index (χ2v) is 3.83. The van der Waals surface area contributed by atoms with Gasteiger partial charge in [-0.25, -0.2) is 9.97 Å². The van der Waals surface area contributed by atoms with Crippen molar-refractivity contribution in [3.63, 3.8) is 0 Å². The molecule has 1 aromatic rings. The van der Waals surface area contributed by atoms with Crippen LogP contribution in [0.25, 0.3) is 0 Å². The summed E-state index contributed by atoms with van der Waals surface area (Å²) >= 11 is 0. The number of nitrogens with zero attached hydrogens (tertiary/aromatic N) is 3.